The summed E-state index contributed by atoms with van der Waals surface area (Å²) < 4.78 is 29.0. The van der Waals surface area contributed by atoms with Crippen LogP contribution in [0.4, 0.5) is 0 Å². The van der Waals surface area contributed by atoms with Gasteiger partial charge in [0.25, 0.3) is 0 Å². The number of hydrogen-bond donors (Lipinski definition) is 1. The van der Waals surface area contributed by atoms with Gasteiger partial charge in [0, 0.05) is 7.11 Å². The molecule has 3 aromatic rings. The molecule has 1 aliphatic heterocycles. The molecule has 0 unspecified atom stereocenters. The molecule has 3 aromatic carbocycles. The molecule has 184 valence electrons. The van der Waals surface area contributed by atoms with E-state index >= 15 is 0 Å². The third-order valence-electron chi connectivity index (χ3n) is 5.98. The van der Waals surface area contributed by atoms with Crippen LogP contribution in [-0.4, -0.2) is 49.9 Å². The summed E-state index contributed by atoms with van der Waals surface area (Å²) in [7, 11) is 2.87. The first-order chi connectivity index (χ1) is 17.1. The molecule has 7 heteroatoms. The molecule has 4 rings (SSSR count). The molecule has 0 spiro atoms. The SMILES string of the molecule is COC(=O)c1ccc([C@H]2O[C@@H](OC)[C@H](OCc3ccccc3)[C@@H](OCc3ccccc3)[C@@H]2O)cc1. The number of hydrogen-bond acceptors (Lipinski definition) is 7. The summed E-state index contributed by atoms with van der Waals surface area (Å²) in [6.07, 6.45) is -3.99. The fourth-order valence-corrected chi connectivity index (χ4v) is 4.12. The van der Waals surface area contributed by atoms with Crippen molar-refractivity contribution in [2.75, 3.05) is 14.2 Å². The minimum absolute atomic E-state index is 0.290. The van der Waals surface area contributed by atoms with Crippen LogP contribution < -0.4 is 0 Å². The first-order valence-electron chi connectivity index (χ1n) is 11.5. The average Bonchev–Trinajstić information content (AvgIpc) is 2.92. The van der Waals surface area contributed by atoms with E-state index in [2.05, 4.69) is 0 Å². The van der Waals surface area contributed by atoms with E-state index in [1.807, 2.05) is 60.7 Å². The van der Waals surface area contributed by atoms with Crippen LogP contribution in [0, 0.1) is 0 Å². The molecular formula is C28H30O7. The normalized spacial score (nSPS) is 24.1. The molecule has 35 heavy (non-hydrogen) atoms. The fraction of sp³-hybridized carbons (Fsp3) is 0.321. The lowest BCUT2D eigenvalue weighted by molar-refractivity contribution is -0.312. The highest BCUT2D eigenvalue weighted by Gasteiger charge is 2.47. The minimum Gasteiger partial charge on any atom is -0.465 e. The third-order valence-corrected chi connectivity index (χ3v) is 5.98. The van der Waals surface area contributed by atoms with Crippen molar-refractivity contribution in [2.24, 2.45) is 0 Å². The zero-order valence-corrected chi connectivity index (χ0v) is 19.8. The van der Waals surface area contributed by atoms with Crippen molar-refractivity contribution < 1.29 is 33.6 Å². The van der Waals surface area contributed by atoms with Gasteiger partial charge in [-0.05, 0) is 28.8 Å². The Morgan fingerprint density at radius 3 is 1.86 bits per heavy atom. The first kappa shape index (κ1) is 25.0. The van der Waals surface area contributed by atoms with E-state index in [1.54, 1.807) is 24.3 Å². The zero-order chi connectivity index (χ0) is 24.6. The maximum Gasteiger partial charge on any atom is 0.337 e. The van der Waals surface area contributed by atoms with Gasteiger partial charge in [-0.2, -0.15) is 0 Å². The van der Waals surface area contributed by atoms with Crippen LogP contribution in [0.5, 0.6) is 0 Å². The van der Waals surface area contributed by atoms with Crippen molar-refractivity contribution in [2.45, 2.75) is 43.9 Å². The molecule has 7 nitrogen and oxygen atoms in total. The minimum atomic E-state index is -1.05. The quantitative estimate of drug-likeness (QED) is 0.465. The van der Waals surface area contributed by atoms with Gasteiger partial charge in [0.2, 0.25) is 0 Å². The lowest BCUT2D eigenvalue weighted by atomic mass is 9.93. The molecular weight excluding hydrogens is 448 g/mol. The first-order valence-corrected chi connectivity index (χ1v) is 11.5. The van der Waals surface area contributed by atoms with Gasteiger partial charge in [0.15, 0.2) is 6.29 Å². The second kappa shape index (κ2) is 12.1. The zero-order valence-electron chi connectivity index (χ0n) is 19.8. The molecule has 0 saturated carbocycles. The molecule has 5 atom stereocenters. The van der Waals surface area contributed by atoms with Gasteiger partial charge < -0.3 is 28.8 Å². The topological polar surface area (TPSA) is 83.5 Å². The summed E-state index contributed by atoms with van der Waals surface area (Å²) >= 11 is 0. The Labute approximate surface area is 205 Å². The van der Waals surface area contributed by atoms with Crippen molar-refractivity contribution in [1.82, 2.24) is 0 Å². The average molecular weight is 479 g/mol. The summed E-state index contributed by atoms with van der Waals surface area (Å²) in [5.41, 5.74) is 3.05. The maximum absolute atomic E-state index is 11.8. The highest BCUT2D eigenvalue weighted by molar-refractivity contribution is 5.89. The summed E-state index contributed by atoms with van der Waals surface area (Å²) in [6, 6.07) is 26.2. The molecule has 1 saturated heterocycles. The number of carbonyl (C=O) groups excluding carboxylic acids is 1. The summed E-state index contributed by atoms with van der Waals surface area (Å²) in [4.78, 5) is 11.8. The molecule has 1 aliphatic rings. The Kier molecular flexibility index (Phi) is 8.63. The molecule has 0 amide bonds. The van der Waals surface area contributed by atoms with Gasteiger partial charge in [0.1, 0.15) is 24.4 Å². The van der Waals surface area contributed by atoms with Crippen LogP contribution in [0.25, 0.3) is 0 Å². The number of carbonyl (C=O) groups is 1. The number of methoxy groups -OCH3 is 2. The Balaban J connectivity index is 1.57. The van der Waals surface area contributed by atoms with Crippen molar-refractivity contribution in [3.05, 3.63) is 107 Å². The lowest BCUT2D eigenvalue weighted by Gasteiger charge is -2.44. The van der Waals surface area contributed by atoms with E-state index in [0.29, 0.717) is 17.7 Å². The second-order valence-corrected chi connectivity index (χ2v) is 8.29. The van der Waals surface area contributed by atoms with Crippen LogP contribution in [0.15, 0.2) is 84.9 Å². The number of aliphatic hydroxyl groups is 1. The highest BCUT2D eigenvalue weighted by atomic mass is 16.7. The highest BCUT2D eigenvalue weighted by Crippen LogP contribution is 2.36. The Morgan fingerprint density at radius 2 is 1.34 bits per heavy atom. The van der Waals surface area contributed by atoms with Crippen molar-refractivity contribution in [1.29, 1.82) is 0 Å². The van der Waals surface area contributed by atoms with E-state index in [4.69, 9.17) is 23.7 Å². The van der Waals surface area contributed by atoms with Gasteiger partial charge >= 0.3 is 5.97 Å². The Morgan fingerprint density at radius 1 is 0.800 bits per heavy atom. The standard InChI is InChI=1S/C28H30O7/c1-31-27(30)22-15-13-21(14-16-22)24-23(29)25(33-17-19-9-5-3-6-10-19)26(28(32-2)35-24)34-18-20-11-7-4-8-12-20/h3-16,23-26,28-29H,17-18H2,1-2H3/t23-,24-,25+,26-,28-/m1/s1. The van der Waals surface area contributed by atoms with Crippen LogP contribution in [0.2, 0.25) is 0 Å². The molecule has 1 fully saturated rings. The number of benzene rings is 3. The Bertz CT molecular complexity index is 1060. The van der Waals surface area contributed by atoms with E-state index < -0.39 is 36.7 Å². The molecule has 0 radical (unpaired) electrons. The van der Waals surface area contributed by atoms with Crippen LogP contribution in [-0.2, 0) is 36.9 Å². The van der Waals surface area contributed by atoms with E-state index in [9.17, 15) is 9.90 Å². The number of esters is 1. The van der Waals surface area contributed by atoms with Crippen LogP contribution in [0.1, 0.15) is 33.2 Å². The summed E-state index contributed by atoms with van der Waals surface area (Å²) in [6.45, 7) is 0.601. The van der Waals surface area contributed by atoms with E-state index in [-0.39, 0.29) is 6.61 Å². The number of ether oxygens (including phenoxy) is 5. The molecule has 0 aromatic heterocycles. The third kappa shape index (κ3) is 6.14. The molecule has 1 N–H and O–H groups in total. The monoisotopic (exact) mass is 478 g/mol. The van der Waals surface area contributed by atoms with Gasteiger partial charge in [-0.25, -0.2) is 4.79 Å². The summed E-state index contributed by atoms with van der Waals surface area (Å²) in [5, 5.41) is 11.4. The molecule has 0 bridgehead atoms. The Hall–Kier alpha value is -3.07. The molecule has 0 aliphatic carbocycles. The maximum atomic E-state index is 11.8. The smallest absolute Gasteiger partial charge is 0.337 e. The van der Waals surface area contributed by atoms with Gasteiger partial charge in [-0.3, -0.25) is 0 Å². The van der Waals surface area contributed by atoms with E-state index in [1.165, 1.54) is 14.2 Å². The van der Waals surface area contributed by atoms with Crippen LogP contribution in [0.3, 0.4) is 0 Å². The fourth-order valence-electron chi connectivity index (χ4n) is 4.12. The van der Waals surface area contributed by atoms with Crippen molar-refractivity contribution in [3.8, 4) is 0 Å². The summed E-state index contributed by atoms with van der Waals surface area (Å²) in [5.74, 6) is -0.435. The van der Waals surface area contributed by atoms with Gasteiger partial charge in [-0.15, -0.1) is 0 Å². The van der Waals surface area contributed by atoms with Crippen LogP contribution >= 0.6 is 0 Å². The lowest BCUT2D eigenvalue weighted by Crippen LogP contribution is -2.56. The van der Waals surface area contributed by atoms with Gasteiger partial charge in [-0.1, -0.05) is 72.8 Å². The predicted octanol–water partition coefficient (Wildman–Crippen LogP) is 4.05. The van der Waals surface area contributed by atoms with Crippen molar-refractivity contribution >= 4 is 5.97 Å². The predicted molar refractivity (Wildman–Crippen MR) is 128 cm³/mol. The number of rotatable bonds is 9. The van der Waals surface area contributed by atoms with Gasteiger partial charge in [0.05, 0.1) is 25.9 Å². The second-order valence-electron chi connectivity index (χ2n) is 8.29. The van der Waals surface area contributed by atoms with Crippen molar-refractivity contribution in [3.63, 3.8) is 0 Å². The number of aliphatic hydroxyl groups excluding tert-OH is 1. The largest absolute Gasteiger partial charge is 0.465 e. The van der Waals surface area contributed by atoms with E-state index in [0.717, 1.165) is 11.1 Å². The molecule has 1 heterocycles.